The average molecular weight is 346 g/mol. The quantitative estimate of drug-likeness (QED) is 0.214. The lowest BCUT2D eigenvalue weighted by Gasteiger charge is -2.22. The van der Waals surface area contributed by atoms with Gasteiger partial charge in [-0.2, -0.15) is 0 Å². The van der Waals surface area contributed by atoms with E-state index in [0.29, 0.717) is 25.1 Å². The summed E-state index contributed by atoms with van der Waals surface area (Å²) in [4.78, 5) is 35.5. The molecule has 1 aromatic carbocycles. The van der Waals surface area contributed by atoms with Crippen LogP contribution in [0.3, 0.4) is 0 Å². The number of non-ortho nitro benzene ring substituents is 1. The van der Waals surface area contributed by atoms with Crippen molar-refractivity contribution < 1.29 is 19.2 Å². The number of carbonyl (C=O) groups is 2. The molecular formula is C18H22N2O5. The molecule has 1 rings (SSSR count). The summed E-state index contributed by atoms with van der Waals surface area (Å²) >= 11 is 0. The number of carbonyl (C=O) groups excluding carboxylic acids is 2. The maximum Gasteiger partial charge on any atom is 0.305 e. The standard InChI is InChI=1S/C18H22N2O5/c1-4-11-19(18(22)14(2)8-9-17(21)25-3)12-10-15-6-5-7-16(13-15)20(23)24/h4-7,13H,1-2,8-12H2,3H3. The van der Waals surface area contributed by atoms with E-state index < -0.39 is 10.9 Å². The number of ether oxygens (including phenoxy) is 1. The molecule has 0 N–H and O–H groups in total. The molecule has 0 fully saturated rings. The number of hydrogen-bond acceptors (Lipinski definition) is 5. The number of amides is 1. The van der Waals surface area contributed by atoms with E-state index in [1.54, 1.807) is 23.1 Å². The molecular weight excluding hydrogens is 324 g/mol. The molecule has 0 radical (unpaired) electrons. The third-order valence-electron chi connectivity index (χ3n) is 3.59. The van der Waals surface area contributed by atoms with Gasteiger partial charge >= 0.3 is 5.97 Å². The second kappa shape index (κ2) is 10.0. The SMILES string of the molecule is C=CCN(CCc1cccc([N+](=O)[O-])c1)C(=O)C(=C)CCC(=O)OC. The Kier molecular flexibility index (Phi) is 8.05. The highest BCUT2D eigenvalue weighted by atomic mass is 16.6. The lowest BCUT2D eigenvalue weighted by Crippen LogP contribution is -2.34. The molecule has 0 unspecified atom stereocenters. The zero-order chi connectivity index (χ0) is 18.8. The Balaban J connectivity index is 2.69. The lowest BCUT2D eigenvalue weighted by molar-refractivity contribution is -0.384. The first-order valence-corrected chi connectivity index (χ1v) is 7.77. The summed E-state index contributed by atoms with van der Waals surface area (Å²) in [6, 6.07) is 6.30. The van der Waals surface area contributed by atoms with E-state index in [-0.39, 0.29) is 24.4 Å². The van der Waals surface area contributed by atoms with Gasteiger partial charge in [0, 0.05) is 37.2 Å². The van der Waals surface area contributed by atoms with Gasteiger partial charge in [-0.3, -0.25) is 19.7 Å². The molecule has 0 bridgehead atoms. The molecule has 0 aliphatic heterocycles. The molecule has 7 nitrogen and oxygen atoms in total. The maximum absolute atomic E-state index is 12.4. The van der Waals surface area contributed by atoms with Crippen molar-refractivity contribution in [2.45, 2.75) is 19.3 Å². The smallest absolute Gasteiger partial charge is 0.305 e. The van der Waals surface area contributed by atoms with E-state index in [9.17, 15) is 19.7 Å². The van der Waals surface area contributed by atoms with Crippen molar-refractivity contribution in [3.05, 3.63) is 64.8 Å². The van der Waals surface area contributed by atoms with E-state index in [1.807, 2.05) is 0 Å². The molecule has 0 heterocycles. The van der Waals surface area contributed by atoms with Crippen molar-refractivity contribution >= 4 is 17.6 Å². The van der Waals surface area contributed by atoms with Gasteiger partial charge in [-0.1, -0.05) is 24.8 Å². The van der Waals surface area contributed by atoms with E-state index in [2.05, 4.69) is 17.9 Å². The zero-order valence-electron chi connectivity index (χ0n) is 14.3. The molecule has 25 heavy (non-hydrogen) atoms. The van der Waals surface area contributed by atoms with Crippen molar-refractivity contribution in [3.8, 4) is 0 Å². The van der Waals surface area contributed by atoms with Crippen LogP contribution in [0.4, 0.5) is 5.69 Å². The van der Waals surface area contributed by atoms with E-state index >= 15 is 0 Å². The van der Waals surface area contributed by atoms with E-state index in [1.165, 1.54) is 19.2 Å². The summed E-state index contributed by atoms with van der Waals surface area (Å²) < 4.78 is 4.55. The minimum absolute atomic E-state index is 0.0154. The van der Waals surface area contributed by atoms with Crippen LogP contribution in [-0.2, 0) is 20.7 Å². The molecule has 0 atom stereocenters. The van der Waals surface area contributed by atoms with Crippen LogP contribution in [0.15, 0.2) is 49.1 Å². The van der Waals surface area contributed by atoms with Gasteiger partial charge in [-0.05, 0) is 18.4 Å². The van der Waals surface area contributed by atoms with Crippen LogP contribution in [0.2, 0.25) is 0 Å². The van der Waals surface area contributed by atoms with Gasteiger partial charge < -0.3 is 9.64 Å². The number of nitrogens with zero attached hydrogens (tertiary/aromatic N) is 2. The van der Waals surface area contributed by atoms with Crippen LogP contribution in [-0.4, -0.2) is 41.9 Å². The summed E-state index contributed by atoms with van der Waals surface area (Å²) in [6.07, 6.45) is 2.37. The van der Waals surface area contributed by atoms with Crippen LogP contribution in [0.5, 0.6) is 0 Å². The fourth-order valence-electron chi connectivity index (χ4n) is 2.21. The van der Waals surface area contributed by atoms with E-state index in [4.69, 9.17) is 0 Å². The largest absolute Gasteiger partial charge is 0.469 e. The van der Waals surface area contributed by atoms with Gasteiger partial charge in [-0.15, -0.1) is 6.58 Å². The van der Waals surface area contributed by atoms with Gasteiger partial charge in [0.2, 0.25) is 5.91 Å². The minimum Gasteiger partial charge on any atom is -0.469 e. The van der Waals surface area contributed by atoms with Crippen LogP contribution in [0.25, 0.3) is 0 Å². The monoisotopic (exact) mass is 346 g/mol. The van der Waals surface area contributed by atoms with Crippen molar-refractivity contribution in [1.82, 2.24) is 4.90 Å². The summed E-state index contributed by atoms with van der Waals surface area (Å²) in [7, 11) is 1.29. The van der Waals surface area contributed by atoms with Gasteiger partial charge in [0.05, 0.1) is 12.0 Å². The molecule has 0 aliphatic rings. The van der Waals surface area contributed by atoms with Gasteiger partial charge in [0.15, 0.2) is 0 Å². The van der Waals surface area contributed by atoms with Gasteiger partial charge in [-0.25, -0.2) is 0 Å². The Hall–Kier alpha value is -2.96. The number of nitro groups is 1. The highest BCUT2D eigenvalue weighted by Gasteiger charge is 2.17. The predicted molar refractivity (Wildman–Crippen MR) is 94.0 cm³/mol. The number of benzene rings is 1. The number of esters is 1. The van der Waals surface area contributed by atoms with Crippen molar-refractivity contribution in [1.29, 1.82) is 0 Å². The van der Waals surface area contributed by atoms with Crippen LogP contribution < -0.4 is 0 Å². The summed E-state index contributed by atoms with van der Waals surface area (Å²) in [6.45, 7) is 8.06. The molecule has 0 spiro atoms. The summed E-state index contributed by atoms with van der Waals surface area (Å²) in [5.41, 5.74) is 1.09. The highest BCUT2D eigenvalue weighted by Crippen LogP contribution is 2.15. The average Bonchev–Trinajstić information content (AvgIpc) is 2.62. The Morgan fingerprint density at radius 1 is 1.36 bits per heavy atom. The normalized spacial score (nSPS) is 9.96. The van der Waals surface area contributed by atoms with Crippen molar-refractivity contribution in [3.63, 3.8) is 0 Å². The summed E-state index contributed by atoms with van der Waals surface area (Å²) in [5, 5.41) is 10.8. The molecule has 1 amide bonds. The second-order valence-electron chi connectivity index (χ2n) is 5.40. The van der Waals surface area contributed by atoms with Gasteiger partial charge in [0.25, 0.3) is 5.69 Å². The topological polar surface area (TPSA) is 89.8 Å². The molecule has 0 saturated carbocycles. The van der Waals surface area contributed by atoms with Crippen molar-refractivity contribution in [2.24, 2.45) is 0 Å². The van der Waals surface area contributed by atoms with Crippen LogP contribution in [0, 0.1) is 10.1 Å². The molecule has 0 aromatic heterocycles. The highest BCUT2D eigenvalue weighted by molar-refractivity contribution is 5.93. The third-order valence-corrected chi connectivity index (χ3v) is 3.59. The Bertz CT molecular complexity index is 669. The molecule has 1 aromatic rings. The first-order chi connectivity index (χ1) is 11.9. The molecule has 134 valence electrons. The Labute approximate surface area is 146 Å². The van der Waals surface area contributed by atoms with Gasteiger partial charge in [0.1, 0.15) is 0 Å². The first-order valence-electron chi connectivity index (χ1n) is 7.77. The van der Waals surface area contributed by atoms with Crippen LogP contribution in [0.1, 0.15) is 18.4 Å². The number of methoxy groups -OCH3 is 1. The van der Waals surface area contributed by atoms with E-state index in [0.717, 1.165) is 5.56 Å². The fraction of sp³-hybridized carbons (Fsp3) is 0.333. The molecule has 0 aliphatic carbocycles. The maximum atomic E-state index is 12.4. The number of hydrogen-bond donors (Lipinski definition) is 0. The Morgan fingerprint density at radius 3 is 2.68 bits per heavy atom. The third kappa shape index (κ3) is 6.58. The van der Waals surface area contributed by atoms with Crippen molar-refractivity contribution in [2.75, 3.05) is 20.2 Å². The second-order valence-corrected chi connectivity index (χ2v) is 5.40. The Morgan fingerprint density at radius 2 is 2.08 bits per heavy atom. The van der Waals surface area contributed by atoms with Crippen LogP contribution >= 0.6 is 0 Å². The summed E-state index contributed by atoms with van der Waals surface area (Å²) in [5.74, 6) is -0.671. The lowest BCUT2D eigenvalue weighted by atomic mass is 10.1. The molecule has 0 saturated heterocycles. The number of rotatable bonds is 10. The first kappa shape index (κ1) is 20.1. The predicted octanol–water partition coefficient (Wildman–Crippen LogP) is 2.66. The zero-order valence-corrected chi connectivity index (χ0v) is 14.3. The molecule has 7 heteroatoms. The minimum atomic E-state index is -0.454. The number of nitro benzene ring substituents is 1. The fourth-order valence-corrected chi connectivity index (χ4v) is 2.21.